The molecule has 0 radical (unpaired) electrons. The van der Waals surface area contributed by atoms with E-state index in [-0.39, 0.29) is 12.3 Å². The third-order valence-corrected chi connectivity index (χ3v) is 3.03. The molecule has 0 saturated carbocycles. The fourth-order valence-electron chi connectivity index (χ4n) is 1.90. The Kier molecular flexibility index (Phi) is 6.71. The SMILES string of the molecule is CCCC(CCC)CC(=O)NC(C)(C)C(F)(F)F. The molecule has 0 atom stereocenters. The van der Waals surface area contributed by atoms with Crippen LogP contribution in [0.5, 0.6) is 0 Å². The molecule has 1 amide bonds. The van der Waals surface area contributed by atoms with Crippen molar-refractivity contribution in [1.82, 2.24) is 5.32 Å². The molecule has 0 spiro atoms. The van der Waals surface area contributed by atoms with Crippen molar-refractivity contribution in [2.24, 2.45) is 5.92 Å². The predicted molar refractivity (Wildman–Crippen MR) is 66.2 cm³/mol. The van der Waals surface area contributed by atoms with E-state index in [1.54, 1.807) is 0 Å². The van der Waals surface area contributed by atoms with Gasteiger partial charge in [0.05, 0.1) is 0 Å². The molecule has 0 bridgehead atoms. The highest BCUT2D eigenvalue weighted by Crippen LogP contribution is 2.30. The monoisotopic (exact) mass is 267 g/mol. The molecule has 0 aliphatic rings. The predicted octanol–water partition coefficient (Wildman–Crippen LogP) is 4.05. The maximum Gasteiger partial charge on any atom is 0.410 e. The van der Waals surface area contributed by atoms with Gasteiger partial charge < -0.3 is 5.32 Å². The van der Waals surface area contributed by atoms with Crippen molar-refractivity contribution >= 4 is 5.91 Å². The third kappa shape index (κ3) is 5.74. The van der Waals surface area contributed by atoms with Gasteiger partial charge in [-0.2, -0.15) is 13.2 Å². The molecule has 108 valence electrons. The summed E-state index contributed by atoms with van der Waals surface area (Å²) in [6.07, 6.45) is -0.586. The molecule has 0 fully saturated rings. The van der Waals surface area contributed by atoms with Crippen molar-refractivity contribution < 1.29 is 18.0 Å². The Labute approximate surface area is 107 Å². The highest BCUT2D eigenvalue weighted by molar-refractivity contribution is 5.77. The molecular weight excluding hydrogens is 243 g/mol. The second-order valence-corrected chi connectivity index (χ2v) is 5.32. The summed E-state index contributed by atoms with van der Waals surface area (Å²) in [6.45, 7) is 6.00. The molecule has 1 N–H and O–H groups in total. The number of hydrogen-bond acceptors (Lipinski definition) is 1. The normalized spacial score (nSPS) is 12.9. The van der Waals surface area contributed by atoms with E-state index < -0.39 is 17.6 Å². The van der Waals surface area contributed by atoms with E-state index in [1.165, 1.54) is 0 Å². The summed E-state index contributed by atoms with van der Waals surface area (Å²) in [7, 11) is 0. The van der Waals surface area contributed by atoms with Crippen LogP contribution in [0.4, 0.5) is 13.2 Å². The lowest BCUT2D eigenvalue weighted by Crippen LogP contribution is -2.54. The molecule has 0 saturated heterocycles. The number of alkyl halides is 3. The van der Waals surface area contributed by atoms with Gasteiger partial charge in [0.1, 0.15) is 5.54 Å². The van der Waals surface area contributed by atoms with Crippen LogP contribution >= 0.6 is 0 Å². The molecular formula is C13H24F3NO. The smallest absolute Gasteiger partial charge is 0.342 e. The second kappa shape index (κ2) is 7.00. The van der Waals surface area contributed by atoms with E-state index in [0.717, 1.165) is 39.5 Å². The number of nitrogens with one attached hydrogen (secondary N) is 1. The number of hydrogen-bond donors (Lipinski definition) is 1. The molecule has 0 aliphatic carbocycles. The van der Waals surface area contributed by atoms with E-state index in [2.05, 4.69) is 5.32 Å². The van der Waals surface area contributed by atoms with Gasteiger partial charge in [-0.05, 0) is 19.8 Å². The fourth-order valence-corrected chi connectivity index (χ4v) is 1.90. The standard InChI is InChI=1S/C13H24F3NO/c1-5-7-10(8-6-2)9-11(18)17-12(3,4)13(14,15)16/h10H,5-9H2,1-4H3,(H,17,18). The first-order chi connectivity index (χ1) is 8.14. The van der Waals surface area contributed by atoms with Gasteiger partial charge in [-0.1, -0.05) is 39.5 Å². The average Bonchev–Trinajstić information content (AvgIpc) is 2.15. The Balaban J connectivity index is 4.40. The first-order valence-electron chi connectivity index (χ1n) is 6.51. The third-order valence-electron chi connectivity index (χ3n) is 3.03. The van der Waals surface area contributed by atoms with Crippen molar-refractivity contribution in [3.8, 4) is 0 Å². The van der Waals surface area contributed by atoms with Gasteiger partial charge >= 0.3 is 6.18 Å². The van der Waals surface area contributed by atoms with Gasteiger partial charge in [0.2, 0.25) is 5.91 Å². The largest absolute Gasteiger partial charge is 0.410 e. The lowest BCUT2D eigenvalue weighted by molar-refractivity contribution is -0.188. The Hall–Kier alpha value is -0.740. The summed E-state index contributed by atoms with van der Waals surface area (Å²) in [4.78, 5) is 11.7. The van der Waals surface area contributed by atoms with Crippen LogP contribution in [0, 0.1) is 5.92 Å². The molecule has 5 heteroatoms. The maximum absolute atomic E-state index is 12.6. The van der Waals surface area contributed by atoms with E-state index in [9.17, 15) is 18.0 Å². The zero-order valence-electron chi connectivity index (χ0n) is 11.7. The Morgan fingerprint density at radius 2 is 1.56 bits per heavy atom. The zero-order chi connectivity index (χ0) is 14.4. The van der Waals surface area contributed by atoms with E-state index >= 15 is 0 Å². The minimum absolute atomic E-state index is 0.182. The van der Waals surface area contributed by atoms with Crippen LogP contribution in [0.2, 0.25) is 0 Å². The highest BCUT2D eigenvalue weighted by atomic mass is 19.4. The summed E-state index contributed by atoms with van der Waals surface area (Å²) in [5, 5.41) is 2.08. The van der Waals surface area contributed by atoms with Crippen molar-refractivity contribution in [2.75, 3.05) is 0 Å². The van der Waals surface area contributed by atoms with E-state index in [0.29, 0.717) is 0 Å². The Morgan fingerprint density at radius 3 is 1.89 bits per heavy atom. The summed E-state index contributed by atoms with van der Waals surface area (Å²) in [5.74, 6) is -0.326. The van der Waals surface area contributed by atoms with E-state index in [1.807, 2.05) is 13.8 Å². The van der Waals surface area contributed by atoms with Crippen LogP contribution in [0.25, 0.3) is 0 Å². The van der Waals surface area contributed by atoms with Crippen LogP contribution in [-0.4, -0.2) is 17.6 Å². The molecule has 0 aliphatic heterocycles. The van der Waals surface area contributed by atoms with Crippen molar-refractivity contribution in [1.29, 1.82) is 0 Å². The summed E-state index contributed by atoms with van der Waals surface area (Å²) < 4.78 is 37.8. The number of carbonyl (C=O) groups excluding carboxylic acids is 1. The molecule has 2 nitrogen and oxygen atoms in total. The van der Waals surface area contributed by atoms with Crippen LogP contribution in [0.15, 0.2) is 0 Å². The lowest BCUT2D eigenvalue weighted by atomic mass is 9.93. The quantitative estimate of drug-likeness (QED) is 0.740. The molecule has 18 heavy (non-hydrogen) atoms. The molecule has 0 rings (SSSR count). The average molecular weight is 267 g/mol. The van der Waals surface area contributed by atoms with Crippen LogP contribution in [0.1, 0.15) is 59.8 Å². The summed E-state index contributed by atoms with van der Waals surface area (Å²) in [6, 6.07) is 0. The first kappa shape index (κ1) is 17.3. The van der Waals surface area contributed by atoms with Crippen LogP contribution < -0.4 is 5.32 Å². The van der Waals surface area contributed by atoms with Gasteiger partial charge in [0.25, 0.3) is 0 Å². The highest BCUT2D eigenvalue weighted by Gasteiger charge is 2.48. The minimum atomic E-state index is -4.42. The van der Waals surface area contributed by atoms with Crippen molar-refractivity contribution in [3.05, 3.63) is 0 Å². The molecule has 0 unspecified atom stereocenters. The van der Waals surface area contributed by atoms with Crippen molar-refractivity contribution in [3.63, 3.8) is 0 Å². The van der Waals surface area contributed by atoms with Gasteiger partial charge in [-0.15, -0.1) is 0 Å². The molecule has 0 aromatic carbocycles. The topological polar surface area (TPSA) is 29.1 Å². The Morgan fingerprint density at radius 1 is 1.11 bits per heavy atom. The number of amides is 1. The lowest BCUT2D eigenvalue weighted by Gasteiger charge is -2.29. The van der Waals surface area contributed by atoms with Crippen LogP contribution in [0.3, 0.4) is 0 Å². The number of carbonyl (C=O) groups is 1. The summed E-state index contributed by atoms with van der Waals surface area (Å²) >= 11 is 0. The number of halogens is 3. The first-order valence-corrected chi connectivity index (χ1v) is 6.51. The van der Waals surface area contributed by atoms with E-state index in [4.69, 9.17) is 0 Å². The van der Waals surface area contributed by atoms with Crippen LogP contribution in [-0.2, 0) is 4.79 Å². The van der Waals surface area contributed by atoms with Gasteiger partial charge in [-0.25, -0.2) is 0 Å². The molecule has 0 aromatic heterocycles. The van der Waals surface area contributed by atoms with Gasteiger partial charge in [0, 0.05) is 6.42 Å². The second-order valence-electron chi connectivity index (χ2n) is 5.32. The molecule has 0 aromatic rings. The Bertz CT molecular complexity index is 255. The van der Waals surface area contributed by atoms with Gasteiger partial charge in [-0.3, -0.25) is 4.79 Å². The fraction of sp³-hybridized carbons (Fsp3) is 0.923. The van der Waals surface area contributed by atoms with Gasteiger partial charge in [0.15, 0.2) is 0 Å². The molecule has 0 heterocycles. The maximum atomic E-state index is 12.6. The minimum Gasteiger partial charge on any atom is -0.342 e. The summed E-state index contributed by atoms with van der Waals surface area (Å²) in [5.41, 5.74) is -2.16. The van der Waals surface area contributed by atoms with Crippen molar-refractivity contribution in [2.45, 2.75) is 71.5 Å². The zero-order valence-corrected chi connectivity index (χ0v) is 11.7. The number of rotatable bonds is 7.